The van der Waals surface area contributed by atoms with E-state index in [9.17, 15) is 22.8 Å². The third kappa shape index (κ3) is 7.04. The van der Waals surface area contributed by atoms with Gasteiger partial charge in [0.2, 0.25) is 0 Å². The molecule has 4 N–H and O–H groups in total. The fourth-order valence-corrected chi connectivity index (χ4v) is 5.93. The second kappa shape index (κ2) is 12.9. The second-order valence-corrected chi connectivity index (χ2v) is 10.7. The van der Waals surface area contributed by atoms with Gasteiger partial charge in [0.05, 0.1) is 12.2 Å². The number of rotatable bonds is 10. The molecule has 8 nitrogen and oxygen atoms in total. The first-order valence-electron chi connectivity index (χ1n) is 13.7. The number of nitrogens with zero attached hydrogens (tertiary/aromatic N) is 2. The summed E-state index contributed by atoms with van der Waals surface area (Å²) in [4.78, 5) is 32.2. The Morgan fingerprint density at radius 1 is 1.15 bits per heavy atom. The zero-order valence-corrected chi connectivity index (χ0v) is 24.2. The van der Waals surface area contributed by atoms with E-state index in [1.165, 1.54) is 18.2 Å². The first-order valence-corrected chi connectivity index (χ1v) is 13.7. The second-order valence-electron chi connectivity index (χ2n) is 10.7. The number of carbonyl (C=O) groups is 1. The number of anilines is 2. The summed E-state index contributed by atoms with van der Waals surface area (Å²) in [5.74, 6) is -0.334. The van der Waals surface area contributed by atoms with Crippen LogP contribution in [-0.4, -0.2) is 67.5 Å². The molecule has 0 radical (unpaired) electrons. The van der Waals surface area contributed by atoms with Gasteiger partial charge in [0.1, 0.15) is 0 Å². The molecule has 1 saturated carbocycles. The number of aromatic nitrogens is 1. The zero-order chi connectivity index (χ0) is 29.8. The first kappa shape index (κ1) is 31.2. The lowest BCUT2D eigenvalue weighted by molar-refractivity contribution is -0.148. The molecule has 220 valence electrons. The molecule has 40 heavy (non-hydrogen) atoms. The molecule has 0 aliphatic heterocycles. The highest BCUT2D eigenvalue weighted by molar-refractivity contribution is 6.03. The van der Waals surface area contributed by atoms with Gasteiger partial charge < -0.3 is 25.9 Å². The van der Waals surface area contributed by atoms with Gasteiger partial charge >= 0.3 is 6.18 Å². The highest BCUT2D eigenvalue weighted by Gasteiger charge is 2.35. The van der Waals surface area contributed by atoms with E-state index < -0.39 is 12.7 Å². The summed E-state index contributed by atoms with van der Waals surface area (Å²) in [6, 6.07) is 3.50. The van der Waals surface area contributed by atoms with Gasteiger partial charge in [-0.25, -0.2) is 0 Å². The van der Waals surface area contributed by atoms with Crippen LogP contribution in [0.5, 0.6) is 0 Å². The third-order valence-electron chi connectivity index (χ3n) is 7.96. The lowest BCUT2D eigenvalue weighted by Crippen LogP contribution is -2.46. The van der Waals surface area contributed by atoms with Gasteiger partial charge in [-0.15, -0.1) is 0 Å². The van der Waals surface area contributed by atoms with Crippen molar-refractivity contribution in [2.45, 2.75) is 78.2 Å². The number of hydrogen-bond donors (Lipinski definition) is 4. The summed E-state index contributed by atoms with van der Waals surface area (Å²) in [5, 5.41) is 14.2. The Balaban J connectivity index is 1.89. The molecule has 2 aromatic rings. The molecule has 1 amide bonds. The number of carbonyl (C=O) groups excluding carboxylic acids is 1. The number of nitrogens with one attached hydrogen (secondary N) is 4. The Labute approximate surface area is 233 Å². The van der Waals surface area contributed by atoms with E-state index in [0.717, 1.165) is 16.9 Å². The number of aromatic amines is 1. The number of H-pyrrole nitrogens is 1. The van der Waals surface area contributed by atoms with E-state index in [4.69, 9.17) is 5.41 Å². The topological polar surface area (TPSA) is 104 Å². The minimum atomic E-state index is -4.23. The van der Waals surface area contributed by atoms with Gasteiger partial charge in [-0.1, -0.05) is 0 Å². The van der Waals surface area contributed by atoms with Crippen molar-refractivity contribution in [3.8, 4) is 0 Å². The van der Waals surface area contributed by atoms with Gasteiger partial charge in [0, 0.05) is 66.5 Å². The third-order valence-corrected chi connectivity index (χ3v) is 7.96. The maximum Gasteiger partial charge on any atom is 0.401 e. The SMILES string of the molecule is CCN(c1c(C)c(C(=O)NCc2c(C)cc(C)[nH]c2=O)cc(NC)c1C=N)C1CCC(N(C)CC(F)(F)F)CC1. The molecule has 11 heteroatoms. The quantitative estimate of drug-likeness (QED) is 0.309. The smallest absolute Gasteiger partial charge is 0.388 e. The number of benzene rings is 1. The van der Waals surface area contributed by atoms with Crippen LogP contribution in [0.1, 0.15) is 70.9 Å². The number of amides is 1. The van der Waals surface area contributed by atoms with E-state index in [0.29, 0.717) is 60.2 Å². The average molecular weight is 563 g/mol. The average Bonchev–Trinajstić information content (AvgIpc) is 2.88. The molecule has 0 bridgehead atoms. The van der Waals surface area contributed by atoms with Crippen molar-refractivity contribution < 1.29 is 18.0 Å². The van der Waals surface area contributed by atoms with Crippen molar-refractivity contribution in [1.82, 2.24) is 15.2 Å². The van der Waals surface area contributed by atoms with Crippen molar-refractivity contribution in [2.75, 3.05) is 37.4 Å². The van der Waals surface area contributed by atoms with Crippen LogP contribution in [0.2, 0.25) is 0 Å². The van der Waals surface area contributed by atoms with Crippen LogP contribution >= 0.6 is 0 Å². The first-order chi connectivity index (χ1) is 18.8. The molecule has 1 fully saturated rings. The van der Waals surface area contributed by atoms with E-state index >= 15 is 0 Å². The molecule has 1 aromatic heterocycles. The predicted octanol–water partition coefficient (Wildman–Crippen LogP) is 4.90. The van der Waals surface area contributed by atoms with Crippen LogP contribution in [-0.2, 0) is 6.54 Å². The zero-order valence-electron chi connectivity index (χ0n) is 24.2. The Hall–Kier alpha value is -3.34. The molecular formula is C29H41F3N6O2. The Morgan fingerprint density at radius 3 is 2.30 bits per heavy atom. The normalized spacial score (nSPS) is 17.6. The Morgan fingerprint density at radius 2 is 1.77 bits per heavy atom. The molecular weight excluding hydrogens is 521 g/mol. The molecule has 0 saturated heterocycles. The Kier molecular flexibility index (Phi) is 10.0. The number of aryl methyl sites for hydroxylation is 2. The van der Waals surface area contributed by atoms with Gasteiger partial charge in [-0.05, 0) is 83.7 Å². The van der Waals surface area contributed by atoms with E-state index in [1.807, 2.05) is 26.8 Å². The molecule has 0 atom stereocenters. The van der Waals surface area contributed by atoms with E-state index in [-0.39, 0.29) is 30.1 Å². The largest absolute Gasteiger partial charge is 0.401 e. The molecule has 1 heterocycles. The Bertz CT molecular complexity index is 1280. The fourth-order valence-electron chi connectivity index (χ4n) is 5.93. The van der Waals surface area contributed by atoms with Crippen LogP contribution in [0.25, 0.3) is 0 Å². The standard InChI is InChI=1S/C29H41F3N6O2/c1-7-38(21-10-8-20(9-11-21)37(6)16-29(30,31)32)26-19(4)22(13-25(34-5)23(26)14-33)27(39)35-15-24-17(2)12-18(3)36-28(24)40/h12-14,20-21,33-34H,7-11,15-16H2,1-6H3,(H,35,39)(H,36,40). The molecule has 0 spiro atoms. The van der Waals surface area contributed by atoms with Crippen molar-refractivity contribution in [3.63, 3.8) is 0 Å². The number of alkyl halides is 3. The van der Waals surface area contributed by atoms with E-state index in [1.54, 1.807) is 20.0 Å². The van der Waals surface area contributed by atoms with Crippen molar-refractivity contribution in [2.24, 2.45) is 0 Å². The van der Waals surface area contributed by atoms with Crippen molar-refractivity contribution in [3.05, 3.63) is 56.0 Å². The van der Waals surface area contributed by atoms with Crippen molar-refractivity contribution >= 4 is 23.5 Å². The number of halogens is 3. The predicted molar refractivity (Wildman–Crippen MR) is 154 cm³/mol. The summed E-state index contributed by atoms with van der Waals surface area (Å²) in [5.41, 5.74) is 4.99. The van der Waals surface area contributed by atoms with Gasteiger partial charge in [0.15, 0.2) is 0 Å². The fraction of sp³-hybridized carbons (Fsp3) is 0.552. The van der Waals surface area contributed by atoms with Crippen LogP contribution in [0.4, 0.5) is 24.5 Å². The minimum absolute atomic E-state index is 0.0646. The number of pyridine rings is 1. The maximum atomic E-state index is 13.4. The highest BCUT2D eigenvalue weighted by Crippen LogP contribution is 2.37. The summed E-state index contributed by atoms with van der Waals surface area (Å²) in [6.07, 6.45) is -0.271. The molecule has 1 aromatic carbocycles. The summed E-state index contributed by atoms with van der Waals surface area (Å²) < 4.78 is 38.8. The summed E-state index contributed by atoms with van der Waals surface area (Å²) >= 11 is 0. The van der Waals surface area contributed by atoms with Crippen LogP contribution < -0.4 is 21.1 Å². The highest BCUT2D eigenvalue weighted by atomic mass is 19.4. The summed E-state index contributed by atoms with van der Waals surface area (Å²) in [7, 11) is 3.26. The van der Waals surface area contributed by atoms with Crippen molar-refractivity contribution in [1.29, 1.82) is 5.41 Å². The van der Waals surface area contributed by atoms with Crippen LogP contribution in [0.3, 0.4) is 0 Å². The molecule has 1 aliphatic rings. The summed E-state index contributed by atoms with van der Waals surface area (Å²) in [6.45, 7) is 7.26. The molecule has 0 unspecified atom stereocenters. The van der Waals surface area contributed by atoms with E-state index in [2.05, 4.69) is 20.5 Å². The van der Waals surface area contributed by atoms with Gasteiger partial charge in [-0.3, -0.25) is 14.5 Å². The number of hydrogen-bond acceptors (Lipinski definition) is 6. The maximum absolute atomic E-state index is 13.4. The molecule has 3 rings (SSSR count). The van der Waals surface area contributed by atoms with Crippen LogP contribution in [0.15, 0.2) is 16.9 Å². The van der Waals surface area contributed by atoms with Gasteiger partial charge in [-0.2, -0.15) is 13.2 Å². The van der Waals surface area contributed by atoms with Crippen LogP contribution in [0, 0.1) is 26.2 Å². The molecule has 1 aliphatic carbocycles. The van der Waals surface area contributed by atoms with Gasteiger partial charge in [0.25, 0.3) is 11.5 Å². The lowest BCUT2D eigenvalue weighted by Gasteiger charge is -2.42. The lowest BCUT2D eigenvalue weighted by atomic mass is 9.88. The monoisotopic (exact) mass is 562 g/mol. The minimum Gasteiger partial charge on any atom is -0.388 e.